The number of rotatable bonds is 2. The Labute approximate surface area is 104 Å². The molecule has 0 aliphatic carbocycles. The van der Waals surface area contributed by atoms with Crippen LogP contribution in [0.1, 0.15) is 0 Å². The maximum absolute atomic E-state index is 13.1. The normalized spacial score (nSPS) is 10.3. The summed E-state index contributed by atoms with van der Waals surface area (Å²) in [5, 5.41) is 0.762. The molecule has 1 heterocycles. The van der Waals surface area contributed by atoms with E-state index in [1.807, 2.05) is 22.6 Å². The van der Waals surface area contributed by atoms with Crippen molar-refractivity contribution in [3.05, 3.63) is 27.8 Å². The molecule has 0 saturated heterocycles. The monoisotopic (exact) mass is 336 g/mol. The lowest BCUT2D eigenvalue weighted by molar-refractivity contribution is 0.387. The molecule has 2 rings (SSSR count). The number of methoxy groups -OCH3 is 1. The van der Waals surface area contributed by atoms with E-state index >= 15 is 0 Å². The topological polar surface area (TPSA) is 35.0 Å². The number of benzene rings is 1. The molecule has 6 heteroatoms. The Hall–Kier alpha value is -0.760. The lowest BCUT2D eigenvalue weighted by atomic mass is 10.2. The van der Waals surface area contributed by atoms with Gasteiger partial charge >= 0.3 is 0 Å². The first-order chi connectivity index (χ1) is 7.20. The van der Waals surface area contributed by atoms with Crippen LogP contribution >= 0.6 is 34.1 Å². The number of halogens is 2. The van der Waals surface area contributed by atoms with E-state index in [0.29, 0.717) is 3.83 Å². The smallest absolute Gasteiger partial charge is 0.203 e. The fourth-order valence-corrected chi connectivity index (χ4v) is 2.38. The molecule has 78 valence electrons. The number of nitrogens with zero attached hydrogens (tertiary/aromatic N) is 2. The van der Waals surface area contributed by atoms with Crippen LogP contribution in [0, 0.1) is 9.65 Å². The van der Waals surface area contributed by atoms with Crippen molar-refractivity contribution in [1.29, 1.82) is 0 Å². The molecule has 0 saturated carbocycles. The Kier molecular flexibility index (Phi) is 3.15. The standard InChI is InChI=1S/C9H6FIN2OS/c1-14-7-4-5(2-3-6(7)10)8-12-9(11)13-15-8/h2-4H,1H3. The quantitative estimate of drug-likeness (QED) is 0.791. The molecule has 0 aliphatic heterocycles. The molecule has 0 spiro atoms. The number of ether oxygens (including phenoxy) is 1. The summed E-state index contributed by atoms with van der Waals surface area (Å²) in [5.41, 5.74) is 0.814. The number of aromatic nitrogens is 2. The van der Waals surface area contributed by atoms with Gasteiger partial charge in [-0.2, -0.15) is 4.37 Å². The van der Waals surface area contributed by atoms with Crippen LogP contribution in [-0.2, 0) is 0 Å². The van der Waals surface area contributed by atoms with Gasteiger partial charge in [-0.3, -0.25) is 0 Å². The molecule has 0 radical (unpaired) electrons. The zero-order valence-corrected chi connectivity index (χ0v) is 10.7. The zero-order valence-electron chi connectivity index (χ0n) is 7.70. The maximum Gasteiger partial charge on any atom is 0.203 e. The lowest BCUT2D eigenvalue weighted by Gasteiger charge is -2.02. The van der Waals surface area contributed by atoms with E-state index < -0.39 is 0 Å². The average molecular weight is 336 g/mol. The van der Waals surface area contributed by atoms with E-state index in [1.165, 1.54) is 24.7 Å². The van der Waals surface area contributed by atoms with E-state index in [0.717, 1.165) is 10.6 Å². The van der Waals surface area contributed by atoms with Crippen LogP contribution in [0.2, 0.25) is 0 Å². The molecule has 0 amide bonds. The molecule has 15 heavy (non-hydrogen) atoms. The van der Waals surface area contributed by atoms with Gasteiger partial charge in [0.05, 0.1) is 7.11 Å². The number of hydrogen-bond donors (Lipinski definition) is 0. The van der Waals surface area contributed by atoms with Gasteiger partial charge in [-0.25, -0.2) is 9.37 Å². The minimum Gasteiger partial charge on any atom is -0.494 e. The molecule has 1 aromatic carbocycles. The van der Waals surface area contributed by atoms with Crippen molar-refractivity contribution in [2.24, 2.45) is 0 Å². The van der Waals surface area contributed by atoms with Crippen LogP contribution in [0.4, 0.5) is 4.39 Å². The SMILES string of the molecule is COc1cc(-c2nc(I)ns2)ccc1F. The second-order valence-electron chi connectivity index (χ2n) is 2.72. The summed E-state index contributed by atoms with van der Waals surface area (Å²) in [6.07, 6.45) is 0. The van der Waals surface area contributed by atoms with E-state index in [9.17, 15) is 4.39 Å². The molecule has 0 N–H and O–H groups in total. The van der Waals surface area contributed by atoms with Crippen LogP contribution < -0.4 is 4.74 Å². The predicted octanol–water partition coefficient (Wildman–Crippen LogP) is 2.96. The largest absolute Gasteiger partial charge is 0.494 e. The van der Waals surface area contributed by atoms with Gasteiger partial charge in [-0.15, -0.1) is 0 Å². The Morgan fingerprint density at radius 3 is 2.87 bits per heavy atom. The fourth-order valence-electron chi connectivity index (χ4n) is 1.12. The molecule has 0 fully saturated rings. The summed E-state index contributed by atoms with van der Waals surface area (Å²) in [4.78, 5) is 4.20. The fraction of sp³-hybridized carbons (Fsp3) is 0.111. The molecule has 0 aliphatic rings. The average Bonchev–Trinajstić information content (AvgIpc) is 2.66. The Morgan fingerprint density at radius 1 is 1.47 bits per heavy atom. The molecular formula is C9H6FIN2OS. The van der Waals surface area contributed by atoms with Gasteiger partial charge < -0.3 is 4.74 Å². The van der Waals surface area contributed by atoms with Crippen molar-refractivity contribution in [3.63, 3.8) is 0 Å². The summed E-state index contributed by atoms with van der Waals surface area (Å²) in [7, 11) is 1.44. The first kappa shape index (κ1) is 10.7. The highest BCUT2D eigenvalue weighted by Gasteiger charge is 2.08. The molecule has 3 nitrogen and oxygen atoms in total. The van der Waals surface area contributed by atoms with Crippen molar-refractivity contribution in [2.45, 2.75) is 0 Å². The van der Waals surface area contributed by atoms with Crippen LogP contribution in [0.3, 0.4) is 0 Å². The Morgan fingerprint density at radius 2 is 2.27 bits per heavy atom. The highest BCUT2D eigenvalue weighted by Crippen LogP contribution is 2.27. The van der Waals surface area contributed by atoms with E-state index in [4.69, 9.17) is 4.74 Å². The van der Waals surface area contributed by atoms with E-state index in [1.54, 1.807) is 12.1 Å². The Bertz CT molecular complexity index is 489. The second kappa shape index (κ2) is 4.40. The van der Waals surface area contributed by atoms with Gasteiger partial charge in [0.25, 0.3) is 0 Å². The lowest BCUT2D eigenvalue weighted by Crippen LogP contribution is -1.88. The van der Waals surface area contributed by atoms with Crippen LogP contribution in [0.25, 0.3) is 10.6 Å². The van der Waals surface area contributed by atoms with Gasteiger partial charge in [-0.05, 0) is 29.7 Å². The second-order valence-corrected chi connectivity index (χ2v) is 4.43. The summed E-state index contributed by atoms with van der Waals surface area (Å²) in [6, 6.07) is 4.64. The third-order valence-electron chi connectivity index (χ3n) is 1.80. The van der Waals surface area contributed by atoms with Gasteiger partial charge in [0.2, 0.25) is 3.83 Å². The minimum atomic E-state index is -0.375. The molecule has 2 aromatic rings. The predicted molar refractivity (Wildman–Crippen MR) is 64.6 cm³/mol. The van der Waals surface area contributed by atoms with E-state index in [-0.39, 0.29) is 11.6 Å². The molecule has 1 aromatic heterocycles. The summed E-state index contributed by atoms with van der Waals surface area (Å²) < 4.78 is 22.8. The van der Waals surface area contributed by atoms with Gasteiger partial charge in [-0.1, -0.05) is 0 Å². The highest BCUT2D eigenvalue weighted by molar-refractivity contribution is 14.1. The van der Waals surface area contributed by atoms with Crippen molar-refractivity contribution < 1.29 is 9.13 Å². The highest BCUT2D eigenvalue weighted by atomic mass is 127. The third-order valence-corrected chi connectivity index (χ3v) is 3.37. The first-order valence-electron chi connectivity index (χ1n) is 4.04. The zero-order chi connectivity index (χ0) is 10.8. The molecule has 0 unspecified atom stereocenters. The minimum absolute atomic E-state index is 0.220. The first-order valence-corrected chi connectivity index (χ1v) is 5.89. The summed E-state index contributed by atoms with van der Waals surface area (Å²) >= 11 is 3.32. The van der Waals surface area contributed by atoms with Gasteiger partial charge in [0, 0.05) is 28.2 Å². The summed E-state index contributed by atoms with van der Waals surface area (Å²) in [5.74, 6) is -0.154. The van der Waals surface area contributed by atoms with Crippen LogP contribution in [0.15, 0.2) is 18.2 Å². The van der Waals surface area contributed by atoms with Crippen molar-refractivity contribution >= 4 is 34.1 Å². The van der Waals surface area contributed by atoms with Crippen LogP contribution in [0.5, 0.6) is 5.75 Å². The van der Waals surface area contributed by atoms with Gasteiger partial charge in [0.15, 0.2) is 11.6 Å². The molecule has 0 bridgehead atoms. The number of hydrogen-bond acceptors (Lipinski definition) is 4. The molecule has 0 atom stereocenters. The van der Waals surface area contributed by atoms with E-state index in [2.05, 4.69) is 9.36 Å². The Balaban J connectivity index is 2.45. The van der Waals surface area contributed by atoms with Crippen molar-refractivity contribution in [1.82, 2.24) is 9.36 Å². The third kappa shape index (κ3) is 2.25. The molecular weight excluding hydrogens is 330 g/mol. The maximum atomic E-state index is 13.1. The van der Waals surface area contributed by atoms with Crippen molar-refractivity contribution in [2.75, 3.05) is 7.11 Å². The van der Waals surface area contributed by atoms with Gasteiger partial charge in [0.1, 0.15) is 5.01 Å². The van der Waals surface area contributed by atoms with Crippen molar-refractivity contribution in [3.8, 4) is 16.3 Å². The summed E-state index contributed by atoms with van der Waals surface area (Å²) in [6.45, 7) is 0. The van der Waals surface area contributed by atoms with Crippen LogP contribution in [-0.4, -0.2) is 16.5 Å².